The molecular weight excluding hydrogens is 234 g/mol. The van der Waals surface area contributed by atoms with Crippen molar-refractivity contribution in [2.24, 2.45) is 0 Å². The first kappa shape index (κ1) is 10.2. The molecule has 1 aliphatic carbocycles. The van der Waals surface area contributed by atoms with E-state index in [1.807, 2.05) is 0 Å². The fourth-order valence-electron chi connectivity index (χ4n) is 3.34. The molecule has 0 radical (unpaired) electrons. The summed E-state index contributed by atoms with van der Waals surface area (Å²) in [6.45, 7) is 0. The Balaban J connectivity index is 1.69. The van der Waals surface area contributed by atoms with Gasteiger partial charge in [-0.2, -0.15) is 0 Å². The number of hydrogen-bond donors (Lipinski definition) is 0. The molecule has 2 fully saturated rings. The van der Waals surface area contributed by atoms with Gasteiger partial charge >= 0.3 is 0 Å². The van der Waals surface area contributed by atoms with Crippen LogP contribution in [0.15, 0.2) is 0 Å². The smallest absolute Gasteiger partial charge is 0.182 e. The van der Waals surface area contributed by atoms with Crippen molar-refractivity contribution in [2.75, 3.05) is 0 Å². The zero-order chi connectivity index (χ0) is 11.4. The number of aromatic nitrogens is 1. The van der Waals surface area contributed by atoms with Gasteiger partial charge in [0.2, 0.25) is 0 Å². The lowest BCUT2D eigenvalue weighted by molar-refractivity contribution is 0.0964. The number of ether oxygens (including phenoxy) is 1. The number of Topliss-reactive ketones (excluding diaryl/α,β-unsaturated/α-hetero) is 1. The third kappa shape index (κ3) is 1.50. The monoisotopic (exact) mass is 249 g/mol. The molecule has 4 heteroatoms. The predicted molar refractivity (Wildman–Crippen MR) is 64.6 cm³/mol. The van der Waals surface area contributed by atoms with E-state index in [4.69, 9.17) is 4.74 Å². The van der Waals surface area contributed by atoms with Gasteiger partial charge in [-0.15, -0.1) is 11.3 Å². The fourth-order valence-corrected chi connectivity index (χ4v) is 4.63. The van der Waals surface area contributed by atoms with Crippen LogP contribution in [0.3, 0.4) is 0 Å². The van der Waals surface area contributed by atoms with Crippen molar-refractivity contribution in [2.45, 2.75) is 56.7 Å². The van der Waals surface area contributed by atoms with Crippen molar-refractivity contribution in [3.05, 3.63) is 15.6 Å². The number of rotatable bonds is 1. The van der Waals surface area contributed by atoms with E-state index in [0.29, 0.717) is 24.5 Å². The lowest BCUT2D eigenvalue weighted by atomic mass is 9.90. The van der Waals surface area contributed by atoms with Crippen LogP contribution < -0.4 is 0 Å². The molecule has 2 bridgehead atoms. The molecule has 0 N–H and O–H groups in total. The Morgan fingerprint density at radius 1 is 1.29 bits per heavy atom. The topological polar surface area (TPSA) is 39.2 Å². The van der Waals surface area contributed by atoms with E-state index in [-0.39, 0.29) is 5.78 Å². The van der Waals surface area contributed by atoms with Gasteiger partial charge in [0.25, 0.3) is 0 Å². The summed E-state index contributed by atoms with van der Waals surface area (Å²) in [5.74, 6) is 0.718. The molecular formula is C13H15NO2S. The van der Waals surface area contributed by atoms with Gasteiger partial charge in [-0.05, 0) is 32.1 Å². The number of carbonyl (C=O) groups is 1. The number of aryl methyl sites for hydroxylation is 1. The molecule has 3 heterocycles. The van der Waals surface area contributed by atoms with Crippen LogP contribution >= 0.6 is 11.3 Å². The van der Waals surface area contributed by atoms with Gasteiger partial charge in [-0.3, -0.25) is 4.79 Å². The van der Waals surface area contributed by atoms with E-state index in [2.05, 4.69) is 4.98 Å². The Bertz CT molecular complexity index is 482. The second-order valence-electron chi connectivity index (χ2n) is 5.32. The molecule has 1 aromatic heterocycles. The number of carbonyl (C=O) groups excluding carboxylic acids is 1. The maximum absolute atomic E-state index is 11.8. The van der Waals surface area contributed by atoms with E-state index in [1.165, 1.54) is 17.7 Å². The van der Waals surface area contributed by atoms with Crippen molar-refractivity contribution >= 4 is 17.1 Å². The molecule has 0 amide bonds. The van der Waals surface area contributed by atoms with E-state index in [0.717, 1.165) is 30.0 Å². The zero-order valence-electron chi connectivity index (χ0n) is 9.65. The normalized spacial score (nSPS) is 35.3. The highest BCUT2D eigenvalue weighted by Crippen LogP contribution is 2.46. The minimum atomic E-state index is 0.248. The minimum Gasteiger partial charge on any atom is -0.374 e. The first-order valence-corrected chi connectivity index (χ1v) is 7.31. The lowest BCUT2D eigenvalue weighted by Crippen LogP contribution is -2.14. The quantitative estimate of drug-likeness (QED) is 0.768. The Morgan fingerprint density at radius 3 is 2.94 bits per heavy atom. The Kier molecular flexibility index (Phi) is 2.18. The van der Waals surface area contributed by atoms with E-state index >= 15 is 0 Å². The molecule has 17 heavy (non-hydrogen) atoms. The van der Waals surface area contributed by atoms with Gasteiger partial charge in [0.15, 0.2) is 5.78 Å². The largest absolute Gasteiger partial charge is 0.374 e. The van der Waals surface area contributed by atoms with Crippen molar-refractivity contribution in [1.82, 2.24) is 4.98 Å². The number of thiazole rings is 1. The first-order valence-electron chi connectivity index (χ1n) is 6.49. The summed E-state index contributed by atoms with van der Waals surface area (Å²) in [4.78, 5) is 17.6. The number of fused-ring (bicyclic) bond motifs is 3. The fraction of sp³-hybridized carbons (Fsp3) is 0.692. The molecule has 4 rings (SSSR count). The molecule has 3 aliphatic rings. The third-order valence-corrected chi connectivity index (χ3v) is 5.46. The van der Waals surface area contributed by atoms with Crippen molar-refractivity contribution in [1.29, 1.82) is 0 Å². The standard InChI is InChI=1S/C13H15NO2S/c15-9-2-1-3-11-12(9)14-13(17-11)8-6-7-4-5-10(8)16-7/h7-8,10H,1-6H2. The van der Waals surface area contributed by atoms with Crippen LogP contribution in [-0.2, 0) is 11.2 Å². The van der Waals surface area contributed by atoms with Gasteiger partial charge in [-0.1, -0.05) is 0 Å². The summed E-state index contributed by atoms with van der Waals surface area (Å²) in [7, 11) is 0. The molecule has 90 valence electrons. The van der Waals surface area contributed by atoms with Crippen LogP contribution in [0.2, 0.25) is 0 Å². The molecule has 2 aliphatic heterocycles. The van der Waals surface area contributed by atoms with Crippen molar-refractivity contribution < 1.29 is 9.53 Å². The van der Waals surface area contributed by atoms with Crippen LogP contribution in [-0.4, -0.2) is 23.0 Å². The minimum absolute atomic E-state index is 0.248. The molecule has 1 aromatic rings. The van der Waals surface area contributed by atoms with Gasteiger partial charge in [-0.25, -0.2) is 4.98 Å². The molecule has 3 unspecified atom stereocenters. The van der Waals surface area contributed by atoms with Crippen LogP contribution in [0, 0.1) is 0 Å². The molecule has 2 saturated heterocycles. The third-order valence-electron chi connectivity index (χ3n) is 4.21. The zero-order valence-corrected chi connectivity index (χ0v) is 10.5. The maximum atomic E-state index is 11.8. The van der Waals surface area contributed by atoms with E-state index in [1.54, 1.807) is 11.3 Å². The molecule has 0 saturated carbocycles. The number of hydrogen-bond acceptors (Lipinski definition) is 4. The lowest BCUT2D eigenvalue weighted by Gasteiger charge is -2.15. The predicted octanol–water partition coefficient (Wildman–Crippen LogP) is 2.70. The highest BCUT2D eigenvalue weighted by Gasteiger charge is 2.43. The maximum Gasteiger partial charge on any atom is 0.182 e. The Hall–Kier alpha value is -0.740. The average Bonchev–Trinajstić information content (AvgIpc) is 3.03. The molecule has 0 spiro atoms. The van der Waals surface area contributed by atoms with Gasteiger partial charge in [0, 0.05) is 17.2 Å². The van der Waals surface area contributed by atoms with Crippen LogP contribution in [0.25, 0.3) is 0 Å². The summed E-state index contributed by atoms with van der Waals surface area (Å²) in [5.41, 5.74) is 0.777. The number of ketones is 1. The van der Waals surface area contributed by atoms with Crippen LogP contribution in [0.4, 0.5) is 0 Å². The summed E-state index contributed by atoms with van der Waals surface area (Å²) < 4.78 is 5.88. The SMILES string of the molecule is O=C1CCCc2sc(C3CC4CCC3O4)nc21. The van der Waals surface area contributed by atoms with Crippen molar-refractivity contribution in [3.8, 4) is 0 Å². The second-order valence-corrected chi connectivity index (χ2v) is 6.43. The van der Waals surface area contributed by atoms with Crippen LogP contribution in [0.5, 0.6) is 0 Å². The van der Waals surface area contributed by atoms with Crippen molar-refractivity contribution in [3.63, 3.8) is 0 Å². The van der Waals surface area contributed by atoms with Gasteiger partial charge in [0.05, 0.1) is 17.2 Å². The van der Waals surface area contributed by atoms with Gasteiger partial charge < -0.3 is 4.74 Å². The molecule has 3 atom stereocenters. The van der Waals surface area contributed by atoms with Crippen LogP contribution in [0.1, 0.15) is 58.4 Å². The highest BCUT2D eigenvalue weighted by atomic mass is 32.1. The number of nitrogens with zero attached hydrogens (tertiary/aromatic N) is 1. The Labute approximate surface area is 104 Å². The summed E-state index contributed by atoms with van der Waals surface area (Å²) in [5, 5.41) is 1.16. The average molecular weight is 249 g/mol. The van der Waals surface area contributed by atoms with Gasteiger partial charge in [0.1, 0.15) is 5.69 Å². The van der Waals surface area contributed by atoms with E-state index in [9.17, 15) is 4.79 Å². The van der Waals surface area contributed by atoms with E-state index < -0.39 is 0 Å². The Morgan fingerprint density at radius 2 is 2.24 bits per heavy atom. The summed E-state index contributed by atoms with van der Waals surface area (Å²) in [6.07, 6.45) is 7.07. The highest BCUT2D eigenvalue weighted by molar-refractivity contribution is 7.12. The summed E-state index contributed by atoms with van der Waals surface area (Å²) >= 11 is 1.76. The first-order chi connectivity index (χ1) is 8.31. The second kappa shape index (κ2) is 3.62. The summed E-state index contributed by atoms with van der Waals surface area (Å²) in [6, 6.07) is 0. The molecule has 0 aromatic carbocycles. The molecule has 3 nitrogen and oxygen atoms in total.